The van der Waals surface area contributed by atoms with Crippen molar-refractivity contribution in [2.45, 2.75) is 6.92 Å². The molecule has 0 radical (unpaired) electrons. The predicted molar refractivity (Wildman–Crippen MR) is 111 cm³/mol. The van der Waals surface area contributed by atoms with Crippen LogP contribution in [-0.4, -0.2) is 24.6 Å². The molecule has 0 aliphatic heterocycles. The molecule has 0 spiro atoms. The Bertz CT molecular complexity index is 969. The Balaban J connectivity index is 1.77. The first-order chi connectivity index (χ1) is 13.6. The van der Waals surface area contributed by atoms with Gasteiger partial charge in [-0.1, -0.05) is 66.7 Å². The van der Waals surface area contributed by atoms with Crippen LogP contribution in [0.2, 0.25) is 0 Å². The molecule has 5 nitrogen and oxygen atoms in total. The van der Waals surface area contributed by atoms with Gasteiger partial charge >= 0.3 is 0 Å². The molecule has 0 aliphatic carbocycles. The van der Waals surface area contributed by atoms with Crippen molar-refractivity contribution in [3.05, 3.63) is 102 Å². The minimum Gasteiger partial charge on any atom is -0.299 e. The fourth-order valence-corrected chi connectivity index (χ4v) is 2.77. The molecule has 2 amide bonds. The quantitative estimate of drug-likeness (QED) is 0.529. The van der Waals surface area contributed by atoms with Gasteiger partial charge in [0.25, 0.3) is 11.8 Å². The van der Waals surface area contributed by atoms with E-state index in [4.69, 9.17) is 0 Å². The Kier molecular flexibility index (Phi) is 6.31. The van der Waals surface area contributed by atoms with E-state index in [0.29, 0.717) is 11.3 Å². The van der Waals surface area contributed by atoms with Gasteiger partial charge < -0.3 is 0 Å². The van der Waals surface area contributed by atoms with E-state index in [1.807, 2.05) is 67.6 Å². The summed E-state index contributed by atoms with van der Waals surface area (Å²) in [5.41, 5.74) is 5.49. The molecule has 3 aromatic carbocycles. The van der Waals surface area contributed by atoms with Gasteiger partial charge in [-0.3, -0.25) is 14.5 Å². The maximum atomic E-state index is 13.0. The second kappa shape index (κ2) is 9.28. The summed E-state index contributed by atoms with van der Waals surface area (Å²) in [6.07, 6.45) is 1.56. The summed E-state index contributed by atoms with van der Waals surface area (Å²) in [6.45, 7) is 1.77. The number of anilines is 1. The van der Waals surface area contributed by atoms with Crippen LogP contribution in [0.1, 0.15) is 21.5 Å². The third-order valence-electron chi connectivity index (χ3n) is 4.18. The summed E-state index contributed by atoms with van der Waals surface area (Å²) >= 11 is 0. The third kappa shape index (κ3) is 4.92. The van der Waals surface area contributed by atoms with E-state index in [1.54, 1.807) is 30.5 Å². The molecule has 0 aromatic heterocycles. The van der Waals surface area contributed by atoms with Crippen molar-refractivity contribution in [1.82, 2.24) is 5.43 Å². The van der Waals surface area contributed by atoms with E-state index in [2.05, 4.69) is 10.5 Å². The normalized spacial score (nSPS) is 10.6. The van der Waals surface area contributed by atoms with E-state index < -0.39 is 0 Å². The summed E-state index contributed by atoms with van der Waals surface area (Å²) in [7, 11) is 0. The average Bonchev–Trinajstić information content (AvgIpc) is 2.73. The zero-order valence-electron chi connectivity index (χ0n) is 15.6. The number of amides is 2. The molecule has 0 bridgehead atoms. The number of rotatable bonds is 6. The summed E-state index contributed by atoms with van der Waals surface area (Å²) in [5.74, 6) is -0.614. The number of carbonyl (C=O) groups is 2. The van der Waals surface area contributed by atoms with Crippen LogP contribution in [0.25, 0.3) is 0 Å². The van der Waals surface area contributed by atoms with Crippen molar-refractivity contribution in [2.75, 3.05) is 11.4 Å². The Morgan fingerprint density at radius 3 is 2.18 bits per heavy atom. The van der Waals surface area contributed by atoms with Crippen molar-refractivity contribution in [3.8, 4) is 0 Å². The van der Waals surface area contributed by atoms with E-state index >= 15 is 0 Å². The van der Waals surface area contributed by atoms with Crippen molar-refractivity contribution >= 4 is 23.7 Å². The zero-order chi connectivity index (χ0) is 19.8. The van der Waals surface area contributed by atoms with Gasteiger partial charge in [0.1, 0.15) is 6.54 Å². The van der Waals surface area contributed by atoms with Crippen molar-refractivity contribution in [2.24, 2.45) is 5.10 Å². The first-order valence-electron chi connectivity index (χ1n) is 8.94. The molecular weight excluding hydrogens is 350 g/mol. The van der Waals surface area contributed by atoms with Gasteiger partial charge in [0, 0.05) is 11.3 Å². The number of para-hydroxylation sites is 1. The Morgan fingerprint density at radius 2 is 1.50 bits per heavy atom. The summed E-state index contributed by atoms with van der Waals surface area (Å²) in [4.78, 5) is 27.0. The molecule has 0 saturated heterocycles. The second-order valence-electron chi connectivity index (χ2n) is 6.25. The van der Waals surface area contributed by atoms with Crippen LogP contribution in [0.4, 0.5) is 5.69 Å². The number of nitrogens with one attached hydrogen (secondary N) is 1. The van der Waals surface area contributed by atoms with Gasteiger partial charge in [-0.15, -0.1) is 0 Å². The molecule has 0 fully saturated rings. The molecule has 28 heavy (non-hydrogen) atoms. The maximum Gasteiger partial charge on any atom is 0.260 e. The lowest BCUT2D eigenvalue weighted by Gasteiger charge is -2.23. The molecule has 0 heterocycles. The van der Waals surface area contributed by atoms with Crippen LogP contribution in [0.5, 0.6) is 0 Å². The molecule has 140 valence electrons. The van der Waals surface area contributed by atoms with Crippen LogP contribution in [0.15, 0.2) is 90.0 Å². The molecule has 0 unspecified atom stereocenters. The van der Waals surface area contributed by atoms with Crippen LogP contribution >= 0.6 is 0 Å². The van der Waals surface area contributed by atoms with Crippen LogP contribution in [0, 0.1) is 6.92 Å². The monoisotopic (exact) mass is 371 g/mol. The van der Waals surface area contributed by atoms with Gasteiger partial charge in [-0.05, 0) is 36.2 Å². The number of hydrogen-bond donors (Lipinski definition) is 1. The van der Waals surface area contributed by atoms with Gasteiger partial charge in [-0.2, -0.15) is 5.10 Å². The lowest BCUT2D eigenvalue weighted by atomic mass is 10.1. The highest BCUT2D eigenvalue weighted by Gasteiger charge is 2.21. The SMILES string of the molecule is Cc1ccccc1N(CC(=O)N/N=C\c1ccccc1)C(=O)c1ccccc1. The lowest BCUT2D eigenvalue weighted by Crippen LogP contribution is -2.40. The molecule has 0 aliphatic rings. The van der Waals surface area contributed by atoms with Gasteiger partial charge in [0.15, 0.2) is 0 Å². The first kappa shape index (κ1) is 19.0. The van der Waals surface area contributed by atoms with Gasteiger partial charge in [0.2, 0.25) is 0 Å². The smallest absolute Gasteiger partial charge is 0.260 e. The lowest BCUT2D eigenvalue weighted by molar-refractivity contribution is -0.119. The molecule has 3 aromatic rings. The molecule has 3 rings (SSSR count). The summed E-state index contributed by atoms with van der Waals surface area (Å²) in [6, 6.07) is 25.9. The first-order valence-corrected chi connectivity index (χ1v) is 8.94. The fraction of sp³-hybridized carbons (Fsp3) is 0.0870. The average molecular weight is 371 g/mol. The van der Waals surface area contributed by atoms with Gasteiger partial charge in [0.05, 0.1) is 6.21 Å². The number of hydrogen-bond acceptors (Lipinski definition) is 3. The van der Waals surface area contributed by atoms with Crippen molar-refractivity contribution in [3.63, 3.8) is 0 Å². The van der Waals surface area contributed by atoms with E-state index in [9.17, 15) is 9.59 Å². The van der Waals surface area contributed by atoms with Crippen LogP contribution < -0.4 is 10.3 Å². The molecular formula is C23H21N3O2. The zero-order valence-corrected chi connectivity index (χ0v) is 15.6. The number of benzene rings is 3. The molecule has 0 atom stereocenters. The number of hydrazone groups is 1. The fourth-order valence-electron chi connectivity index (χ4n) is 2.77. The third-order valence-corrected chi connectivity index (χ3v) is 4.18. The van der Waals surface area contributed by atoms with Gasteiger partial charge in [-0.25, -0.2) is 5.43 Å². The summed E-state index contributed by atoms with van der Waals surface area (Å²) < 4.78 is 0. The van der Waals surface area contributed by atoms with Crippen molar-refractivity contribution < 1.29 is 9.59 Å². The Morgan fingerprint density at radius 1 is 0.893 bits per heavy atom. The highest BCUT2D eigenvalue weighted by atomic mass is 16.2. The Hall–Kier alpha value is -3.73. The minimum atomic E-state index is -0.375. The second-order valence-corrected chi connectivity index (χ2v) is 6.25. The highest BCUT2D eigenvalue weighted by Crippen LogP contribution is 2.21. The van der Waals surface area contributed by atoms with Crippen LogP contribution in [0.3, 0.4) is 0 Å². The molecule has 5 heteroatoms. The molecule has 1 N–H and O–H groups in total. The predicted octanol–water partition coefficient (Wildman–Crippen LogP) is 3.79. The minimum absolute atomic E-state index is 0.134. The van der Waals surface area contributed by atoms with Crippen LogP contribution in [-0.2, 0) is 4.79 Å². The highest BCUT2D eigenvalue weighted by molar-refractivity contribution is 6.09. The van der Waals surface area contributed by atoms with E-state index in [1.165, 1.54) is 4.90 Å². The van der Waals surface area contributed by atoms with Crippen molar-refractivity contribution in [1.29, 1.82) is 0 Å². The Labute approximate surface area is 164 Å². The topological polar surface area (TPSA) is 61.8 Å². The number of nitrogens with zero attached hydrogens (tertiary/aromatic N) is 2. The van der Waals surface area contributed by atoms with E-state index in [-0.39, 0.29) is 18.4 Å². The molecule has 0 saturated carbocycles. The standard InChI is InChI=1S/C23H21N3O2/c1-18-10-8-9-15-21(18)26(23(28)20-13-6-3-7-14-20)17-22(27)25-24-16-19-11-4-2-5-12-19/h2-16H,17H2,1H3,(H,25,27)/b24-16-. The summed E-state index contributed by atoms with van der Waals surface area (Å²) in [5, 5.41) is 3.98. The maximum absolute atomic E-state index is 13.0. The number of carbonyl (C=O) groups excluding carboxylic acids is 2. The largest absolute Gasteiger partial charge is 0.299 e. The number of aryl methyl sites for hydroxylation is 1. The van der Waals surface area contributed by atoms with E-state index in [0.717, 1.165) is 11.1 Å².